The van der Waals surface area contributed by atoms with Crippen molar-refractivity contribution in [1.82, 2.24) is 5.32 Å². The van der Waals surface area contributed by atoms with E-state index in [9.17, 15) is 23.4 Å². The molecule has 1 aromatic rings. The number of aliphatic hydroxyl groups is 2. The number of aliphatic hydroxyl groups excluding tert-OH is 2. The molecule has 0 radical (unpaired) electrons. The second kappa shape index (κ2) is 11.4. The Hall–Kier alpha value is -1.83. The molecular formula is C22H30F3NO3. The van der Waals surface area contributed by atoms with Crippen molar-refractivity contribution in [3.05, 3.63) is 54.1 Å². The highest BCUT2D eigenvalue weighted by molar-refractivity contribution is 5.30. The third-order valence-electron chi connectivity index (χ3n) is 4.94. The molecule has 1 fully saturated rings. The Morgan fingerprint density at radius 2 is 2.10 bits per heavy atom. The van der Waals surface area contributed by atoms with Gasteiger partial charge >= 0.3 is 6.18 Å². The Morgan fingerprint density at radius 1 is 1.31 bits per heavy atom. The number of allylic oxidation sites excluding steroid dienone is 2. The van der Waals surface area contributed by atoms with Crippen LogP contribution in [0.4, 0.5) is 13.2 Å². The number of β-amino-alcohol motifs (C(OH)–C–C–N with tert-alkyl or cyclic N) is 1. The van der Waals surface area contributed by atoms with Gasteiger partial charge in [-0.2, -0.15) is 13.2 Å². The van der Waals surface area contributed by atoms with Gasteiger partial charge in [0.2, 0.25) is 0 Å². The largest absolute Gasteiger partial charge is 0.491 e. The first kappa shape index (κ1) is 23.4. The molecule has 4 unspecified atom stereocenters. The summed E-state index contributed by atoms with van der Waals surface area (Å²) in [7, 11) is 0. The van der Waals surface area contributed by atoms with Crippen LogP contribution >= 0.6 is 0 Å². The van der Waals surface area contributed by atoms with Crippen LogP contribution in [0.3, 0.4) is 0 Å². The quantitative estimate of drug-likeness (QED) is 0.400. The van der Waals surface area contributed by atoms with E-state index >= 15 is 0 Å². The monoisotopic (exact) mass is 413 g/mol. The minimum absolute atomic E-state index is 0.0145. The normalized spacial score (nSPS) is 23.9. The van der Waals surface area contributed by atoms with E-state index in [0.29, 0.717) is 6.54 Å². The molecule has 0 bridgehead atoms. The molecule has 4 atom stereocenters. The van der Waals surface area contributed by atoms with E-state index in [1.807, 2.05) is 0 Å². The minimum atomic E-state index is -4.44. The Balaban J connectivity index is 1.84. The number of rotatable bonds is 10. The van der Waals surface area contributed by atoms with Gasteiger partial charge in [-0.05, 0) is 31.0 Å². The highest BCUT2D eigenvalue weighted by Crippen LogP contribution is 2.31. The van der Waals surface area contributed by atoms with E-state index in [1.165, 1.54) is 12.1 Å². The molecule has 0 saturated carbocycles. The maximum absolute atomic E-state index is 12.7. The van der Waals surface area contributed by atoms with E-state index in [4.69, 9.17) is 4.74 Å². The highest BCUT2D eigenvalue weighted by atomic mass is 19.4. The lowest BCUT2D eigenvalue weighted by Gasteiger charge is -2.17. The molecule has 162 valence electrons. The average molecular weight is 413 g/mol. The summed E-state index contributed by atoms with van der Waals surface area (Å²) in [5, 5.41) is 23.5. The lowest BCUT2D eigenvalue weighted by molar-refractivity contribution is -0.137. The summed E-state index contributed by atoms with van der Waals surface area (Å²) in [6, 6.07) is 4.48. The Bertz CT molecular complexity index is 676. The van der Waals surface area contributed by atoms with Crippen molar-refractivity contribution in [2.45, 2.75) is 57.0 Å². The number of unbranched alkanes of at least 4 members (excludes halogenated alkanes) is 2. The Kier molecular flexibility index (Phi) is 9.20. The molecule has 1 heterocycles. The predicted molar refractivity (Wildman–Crippen MR) is 107 cm³/mol. The SMILES string of the molecule is CCCC/C=C/CC1C(O)CNC1/C=C/C(O)COc1cccc(C(F)(F)F)c1. The molecule has 29 heavy (non-hydrogen) atoms. The van der Waals surface area contributed by atoms with Crippen molar-refractivity contribution < 1.29 is 28.1 Å². The number of halogens is 3. The first-order valence-corrected chi connectivity index (χ1v) is 10.0. The fraction of sp³-hybridized carbons (Fsp3) is 0.545. The standard InChI is InChI=1S/C22H30F3NO3/c1-2-3-4-5-6-10-19-20(26-14-21(19)28)12-11-17(27)15-29-18-9-7-8-16(13-18)22(23,24)25/h5-9,11-13,17,19-21,26-28H,2-4,10,14-15H2,1H3/b6-5+,12-11+. The Labute approximate surface area is 170 Å². The predicted octanol–water partition coefficient (Wildman–Crippen LogP) is 4.09. The van der Waals surface area contributed by atoms with Crippen LogP contribution in [-0.2, 0) is 6.18 Å². The molecule has 0 amide bonds. The van der Waals surface area contributed by atoms with Gasteiger partial charge < -0.3 is 20.3 Å². The van der Waals surface area contributed by atoms with Crippen LogP contribution in [0, 0.1) is 5.92 Å². The van der Waals surface area contributed by atoms with E-state index in [2.05, 4.69) is 24.4 Å². The number of ether oxygens (including phenoxy) is 1. The number of hydrogen-bond donors (Lipinski definition) is 3. The van der Waals surface area contributed by atoms with Crippen LogP contribution in [0.25, 0.3) is 0 Å². The molecule has 2 rings (SSSR count). The summed E-state index contributed by atoms with van der Waals surface area (Å²) in [5.74, 6) is 0.0671. The summed E-state index contributed by atoms with van der Waals surface area (Å²) in [6.45, 7) is 2.47. The summed E-state index contributed by atoms with van der Waals surface area (Å²) in [4.78, 5) is 0. The molecule has 1 saturated heterocycles. The molecule has 4 nitrogen and oxygen atoms in total. The third kappa shape index (κ3) is 7.84. The number of hydrogen-bond acceptors (Lipinski definition) is 4. The molecule has 1 aliphatic rings. The van der Waals surface area contributed by atoms with Gasteiger partial charge in [-0.1, -0.05) is 50.1 Å². The van der Waals surface area contributed by atoms with Gasteiger partial charge in [-0.25, -0.2) is 0 Å². The summed E-state index contributed by atoms with van der Waals surface area (Å²) < 4.78 is 43.5. The molecule has 1 aromatic carbocycles. The van der Waals surface area contributed by atoms with Gasteiger partial charge in [0, 0.05) is 18.5 Å². The molecule has 3 N–H and O–H groups in total. The van der Waals surface area contributed by atoms with Gasteiger partial charge in [-0.15, -0.1) is 0 Å². The van der Waals surface area contributed by atoms with Crippen LogP contribution < -0.4 is 10.1 Å². The zero-order valence-corrected chi connectivity index (χ0v) is 16.6. The molecule has 7 heteroatoms. The van der Waals surface area contributed by atoms with Gasteiger partial charge in [0.15, 0.2) is 0 Å². The number of benzene rings is 1. The molecule has 0 aromatic heterocycles. The van der Waals surface area contributed by atoms with Crippen LogP contribution in [-0.4, -0.2) is 41.6 Å². The van der Waals surface area contributed by atoms with E-state index < -0.39 is 23.9 Å². The third-order valence-corrected chi connectivity index (χ3v) is 4.94. The summed E-state index contributed by atoms with van der Waals surface area (Å²) in [5.41, 5.74) is -0.793. The van der Waals surface area contributed by atoms with Crippen molar-refractivity contribution in [2.75, 3.05) is 13.2 Å². The first-order valence-electron chi connectivity index (χ1n) is 10.0. The van der Waals surface area contributed by atoms with Gasteiger partial charge in [0.05, 0.1) is 11.7 Å². The van der Waals surface area contributed by atoms with Crippen LogP contribution in [0.1, 0.15) is 38.2 Å². The van der Waals surface area contributed by atoms with E-state index in [-0.39, 0.29) is 24.3 Å². The highest BCUT2D eigenvalue weighted by Gasteiger charge is 2.32. The van der Waals surface area contributed by atoms with E-state index in [0.717, 1.165) is 37.8 Å². The lowest BCUT2D eigenvalue weighted by Crippen LogP contribution is -2.26. The van der Waals surface area contributed by atoms with E-state index in [1.54, 1.807) is 12.2 Å². The maximum Gasteiger partial charge on any atom is 0.416 e. The molecule has 0 aliphatic carbocycles. The minimum Gasteiger partial charge on any atom is -0.491 e. The summed E-state index contributed by atoms with van der Waals surface area (Å²) >= 11 is 0. The zero-order chi connectivity index (χ0) is 21.3. The molecular weight excluding hydrogens is 383 g/mol. The first-order chi connectivity index (χ1) is 13.8. The number of nitrogens with one attached hydrogen (secondary N) is 1. The number of alkyl halides is 3. The van der Waals surface area contributed by atoms with Crippen molar-refractivity contribution in [3.8, 4) is 5.75 Å². The van der Waals surface area contributed by atoms with Gasteiger partial charge in [0.25, 0.3) is 0 Å². The van der Waals surface area contributed by atoms with Crippen molar-refractivity contribution in [3.63, 3.8) is 0 Å². The second-order valence-electron chi connectivity index (χ2n) is 7.30. The van der Waals surface area contributed by atoms with Crippen LogP contribution in [0.5, 0.6) is 5.75 Å². The molecule has 0 spiro atoms. The second-order valence-corrected chi connectivity index (χ2v) is 7.30. The van der Waals surface area contributed by atoms with Crippen LogP contribution in [0.2, 0.25) is 0 Å². The average Bonchev–Trinajstić information content (AvgIpc) is 3.04. The topological polar surface area (TPSA) is 61.7 Å². The van der Waals surface area contributed by atoms with Gasteiger partial charge in [-0.3, -0.25) is 0 Å². The smallest absolute Gasteiger partial charge is 0.416 e. The van der Waals surface area contributed by atoms with Crippen molar-refractivity contribution in [2.24, 2.45) is 5.92 Å². The van der Waals surface area contributed by atoms with Gasteiger partial charge in [0.1, 0.15) is 18.5 Å². The summed E-state index contributed by atoms with van der Waals surface area (Å²) in [6.07, 6.45) is 5.75. The maximum atomic E-state index is 12.7. The lowest BCUT2D eigenvalue weighted by atomic mass is 9.93. The van der Waals surface area contributed by atoms with Crippen molar-refractivity contribution >= 4 is 0 Å². The zero-order valence-electron chi connectivity index (χ0n) is 16.6. The fourth-order valence-corrected chi connectivity index (χ4v) is 3.25. The van der Waals surface area contributed by atoms with Crippen LogP contribution in [0.15, 0.2) is 48.6 Å². The fourth-order valence-electron chi connectivity index (χ4n) is 3.25. The Morgan fingerprint density at radius 3 is 2.83 bits per heavy atom. The van der Waals surface area contributed by atoms with Crippen molar-refractivity contribution in [1.29, 1.82) is 0 Å². The molecule has 1 aliphatic heterocycles.